The number of carbonyl (C=O) groups excluding carboxylic acids is 1. The standard InChI is InChI=1S/C25H20N2O4/c26-23-14-16(11-12-21(23)24(28)29)6-5-13-27-25(30)31-15-22-19-9-3-1-7-17(19)18-8-2-4-10-20(18)22/h1-4,7-12,14,22H,13,15,26H2,(H,27,30)(H,28,29). The normalized spacial score (nSPS) is 11.6. The molecule has 0 radical (unpaired) electrons. The molecule has 6 nitrogen and oxygen atoms in total. The molecule has 3 aromatic carbocycles. The predicted molar refractivity (Wildman–Crippen MR) is 118 cm³/mol. The van der Waals surface area contributed by atoms with Crippen LogP contribution in [-0.4, -0.2) is 30.3 Å². The molecule has 4 rings (SSSR count). The van der Waals surface area contributed by atoms with Gasteiger partial charge in [0.1, 0.15) is 6.61 Å². The third-order valence-electron chi connectivity index (χ3n) is 5.18. The summed E-state index contributed by atoms with van der Waals surface area (Å²) < 4.78 is 5.45. The lowest BCUT2D eigenvalue weighted by atomic mass is 9.98. The molecule has 1 amide bonds. The minimum Gasteiger partial charge on any atom is -0.478 e. The minimum atomic E-state index is -1.09. The number of hydrogen-bond acceptors (Lipinski definition) is 4. The van der Waals surface area contributed by atoms with Crippen LogP contribution >= 0.6 is 0 Å². The number of anilines is 1. The zero-order chi connectivity index (χ0) is 21.8. The van der Waals surface area contributed by atoms with Crippen LogP contribution in [0.2, 0.25) is 0 Å². The summed E-state index contributed by atoms with van der Waals surface area (Å²) >= 11 is 0. The van der Waals surface area contributed by atoms with Gasteiger partial charge in [0, 0.05) is 17.2 Å². The first-order valence-corrected chi connectivity index (χ1v) is 9.75. The van der Waals surface area contributed by atoms with Crippen LogP contribution in [0, 0.1) is 11.8 Å². The molecule has 0 bridgehead atoms. The number of amides is 1. The van der Waals surface area contributed by atoms with E-state index >= 15 is 0 Å². The highest BCUT2D eigenvalue weighted by Gasteiger charge is 2.28. The maximum atomic E-state index is 12.1. The summed E-state index contributed by atoms with van der Waals surface area (Å²) in [5.41, 5.74) is 11.1. The summed E-state index contributed by atoms with van der Waals surface area (Å²) in [6, 6.07) is 20.7. The summed E-state index contributed by atoms with van der Waals surface area (Å²) in [7, 11) is 0. The molecule has 0 heterocycles. The highest BCUT2D eigenvalue weighted by Crippen LogP contribution is 2.44. The fraction of sp³-hybridized carbons (Fsp3) is 0.120. The van der Waals surface area contributed by atoms with Crippen LogP contribution in [-0.2, 0) is 4.74 Å². The topological polar surface area (TPSA) is 102 Å². The highest BCUT2D eigenvalue weighted by molar-refractivity contribution is 5.93. The van der Waals surface area contributed by atoms with Crippen molar-refractivity contribution in [3.05, 3.63) is 89.0 Å². The monoisotopic (exact) mass is 412 g/mol. The van der Waals surface area contributed by atoms with E-state index in [9.17, 15) is 9.59 Å². The number of nitrogens with one attached hydrogen (secondary N) is 1. The van der Waals surface area contributed by atoms with Gasteiger partial charge < -0.3 is 20.9 Å². The van der Waals surface area contributed by atoms with E-state index in [-0.39, 0.29) is 30.3 Å². The molecular formula is C25H20N2O4. The Morgan fingerprint density at radius 3 is 2.26 bits per heavy atom. The van der Waals surface area contributed by atoms with Crippen molar-refractivity contribution in [1.29, 1.82) is 0 Å². The number of carbonyl (C=O) groups is 2. The summed E-state index contributed by atoms with van der Waals surface area (Å²) in [6.45, 7) is 0.331. The Kier molecular flexibility index (Phi) is 5.59. The van der Waals surface area contributed by atoms with Gasteiger partial charge in [-0.15, -0.1) is 0 Å². The van der Waals surface area contributed by atoms with E-state index in [0.717, 1.165) is 11.1 Å². The molecule has 31 heavy (non-hydrogen) atoms. The zero-order valence-corrected chi connectivity index (χ0v) is 16.6. The first-order chi connectivity index (χ1) is 15.0. The largest absolute Gasteiger partial charge is 0.478 e. The van der Waals surface area contributed by atoms with Gasteiger partial charge in [0.25, 0.3) is 0 Å². The summed E-state index contributed by atoms with van der Waals surface area (Å²) in [4.78, 5) is 23.1. The van der Waals surface area contributed by atoms with E-state index in [2.05, 4.69) is 41.4 Å². The summed E-state index contributed by atoms with van der Waals surface area (Å²) in [5.74, 6) is 4.55. The Morgan fingerprint density at radius 2 is 1.65 bits per heavy atom. The molecular weight excluding hydrogens is 392 g/mol. The molecule has 154 valence electrons. The van der Waals surface area contributed by atoms with Crippen LogP contribution < -0.4 is 11.1 Å². The Hall–Kier alpha value is -4.24. The molecule has 1 aliphatic rings. The number of nitrogen functional groups attached to an aromatic ring is 1. The molecule has 0 saturated carbocycles. The van der Waals surface area contributed by atoms with Crippen LogP contribution in [0.1, 0.15) is 33.0 Å². The number of alkyl carbamates (subject to hydrolysis) is 1. The maximum absolute atomic E-state index is 12.1. The highest BCUT2D eigenvalue weighted by atomic mass is 16.5. The number of benzene rings is 3. The molecule has 0 unspecified atom stereocenters. The molecule has 6 heteroatoms. The third kappa shape index (κ3) is 4.21. The van der Waals surface area contributed by atoms with Gasteiger partial charge in [-0.3, -0.25) is 0 Å². The number of aromatic carboxylic acids is 1. The van der Waals surface area contributed by atoms with E-state index in [4.69, 9.17) is 15.6 Å². The second kappa shape index (κ2) is 8.64. The van der Waals surface area contributed by atoms with Crippen molar-refractivity contribution in [2.24, 2.45) is 0 Å². The van der Waals surface area contributed by atoms with Crippen molar-refractivity contribution in [3.8, 4) is 23.0 Å². The fourth-order valence-corrected chi connectivity index (χ4v) is 3.75. The van der Waals surface area contributed by atoms with Crippen molar-refractivity contribution in [2.45, 2.75) is 5.92 Å². The molecule has 3 aromatic rings. The molecule has 0 aromatic heterocycles. The van der Waals surface area contributed by atoms with Crippen LogP contribution in [0.15, 0.2) is 66.7 Å². The smallest absolute Gasteiger partial charge is 0.407 e. The minimum absolute atomic E-state index is 0.0000378. The third-order valence-corrected chi connectivity index (χ3v) is 5.18. The van der Waals surface area contributed by atoms with E-state index < -0.39 is 12.1 Å². The van der Waals surface area contributed by atoms with Gasteiger partial charge in [-0.2, -0.15) is 0 Å². The fourth-order valence-electron chi connectivity index (χ4n) is 3.75. The lowest BCUT2D eigenvalue weighted by molar-refractivity contribution is 0.0698. The van der Waals surface area contributed by atoms with Gasteiger partial charge in [0.2, 0.25) is 0 Å². The van der Waals surface area contributed by atoms with Gasteiger partial charge in [-0.25, -0.2) is 9.59 Å². The molecule has 0 spiro atoms. The Morgan fingerprint density at radius 1 is 1.00 bits per heavy atom. The van der Waals surface area contributed by atoms with Crippen molar-refractivity contribution < 1.29 is 19.4 Å². The first-order valence-electron chi connectivity index (χ1n) is 9.75. The molecule has 0 atom stereocenters. The number of carboxylic acid groups (broad SMARTS) is 1. The molecule has 0 fully saturated rings. The van der Waals surface area contributed by atoms with Crippen LogP contribution in [0.4, 0.5) is 10.5 Å². The lowest BCUT2D eigenvalue weighted by Gasteiger charge is -2.14. The Bertz CT molecular complexity index is 1180. The average molecular weight is 412 g/mol. The van der Waals surface area contributed by atoms with E-state index in [1.54, 1.807) is 6.07 Å². The Labute approximate surface area is 179 Å². The number of hydrogen-bond donors (Lipinski definition) is 3. The van der Waals surface area contributed by atoms with Crippen molar-refractivity contribution in [3.63, 3.8) is 0 Å². The SMILES string of the molecule is Nc1cc(C#CCNC(=O)OCC2c3ccccc3-c3ccccc32)ccc1C(=O)O. The zero-order valence-electron chi connectivity index (χ0n) is 16.6. The predicted octanol–water partition coefficient (Wildman–Crippen LogP) is 3.86. The lowest BCUT2D eigenvalue weighted by Crippen LogP contribution is -2.26. The van der Waals surface area contributed by atoms with Crippen LogP contribution in [0.25, 0.3) is 11.1 Å². The van der Waals surface area contributed by atoms with Crippen LogP contribution in [0.5, 0.6) is 0 Å². The van der Waals surface area contributed by atoms with Gasteiger partial charge in [0.15, 0.2) is 0 Å². The van der Waals surface area contributed by atoms with Crippen molar-refractivity contribution in [1.82, 2.24) is 5.32 Å². The van der Waals surface area contributed by atoms with Crippen molar-refractivity contribution in [2.75, 3.05) is 18.9 Å². The molecule has 4 N–H and O–H groups in total. The quantitative estimate of drug-likeness (QED) is 0.446. The average Bonchev–Trinajstić information content (AvgIpc) is 3.09. The number of ether oxygens (including phenoxy) is 1. The number of carboxylic acids is 1. The van der Waals surface area contributed by atoms with E-state index in [1.807, 2.05) is 24.3 Å². The van der Waals surface area contributed by atoms with E-state index in [0.29, 0.717) is 5.56 Å². The van der Waals surface area contributed by atoms with Gasteiger partial charge in [0.05, 0.1) is 12.1 Å². The summed E-state index contributed by atoms with van der Waals surface area (Å²) in [5, 5.41) is 11.6. The molecule has 1 aliphatic carbocycles. The van der Waals surface area contributed by atoms with Gasteiger partial charge in [-0.1, -0.05) is 60.4 Å². The second-order valence-electron chi connectivity index (χ2n) is 7.09. The number of rotatable bonds is 4. The summed E-state index contributed by atoms with van der Waals surface area (Å²) in [6.07, 6.45) is -0.545. The first kappa shape index (κ1) is 20.0. The second-order valence-corrected chi connectivity index (χ2v) is 7.09. The number of fused-ring (bicyclic) bond motifs is 3. The van der Waals surface area contributed by atoms with Gasteiger partial charge in [-0.05, 0) is 40.5 Å². The van der Waals surface area contributed by atoms with Crippen molar-refractivity contribution >= 4 is 17.7 Å². The van der Waals surface area contributed by atoms with Crippen LogP contribution in [0.3, 0.4) is 0 Å². The van der Waals surface area contributed by atoms with E-state index in [1.165, 1.54) is 23.3 Å². The Balaban J connectivity index is 1.34. The van der Waals surface area contributed by atoms with Gasteiger partial charge >= 0.3 is 12.1 Å². The molecule has 0 aliphatic heterocycles. The molecule has 0 saturated heterocycles. The maximum Gasteiger partial charge on any atom is 0.407 e. The number of nitrogens with two attached hydrogens (primary N) is 1.